The summed E-state index contributed by atoms with van der Waals surface area (Å²) >= 11 is 0. The summed E-state index contributed by atoms with van der Waals surface area (Å²) in [6, 6.07) is 60.4. The minimum Gasteiger partial charge on any atom is -0.455 e. The Labute approximate surface area is 284 Å². The van der Waals surface area contributed by atoms with Gasteiger partial charge in [-0.2, -0.15) is 0 Å². The van der Waals surface area contributed by atoms with Gasteiger partial charge in [0.2, 0.25) is 0 Å². The molecule has 2 aromatic heterocycles. The van der Waals surface area contributed by atoms with E-state index in [-0.39, 0.29) is 0 Å². The van der Waals surface area contributed by atoms with Gasteiger partial charge in [-0.15, -0.1) is 0 Å². The smallest absolute Gasteiger partial charge is 0.167 e. The van der Waals surface area contributed by atoms with Crippen LogP contribution in [0.15, 0.2) is 180 Å². The van der Waals surface area contributed by atoms with Crippen LogP contribution in [0.4, 0.5) is 0 Å². The molecule has 9 aromatic rings. The van der Waals surface area contributed by atoms with Gasteiger partial charge in [0, 0.05) is 27.5 Å². The van der Waals surface area contributed by atoms with Crippen LogP contribution in [0.5, 0.6) is 0 Å². The number of fused-ring (bicyclic) bond motifs is 3. The Morgan fingerprint density at radius 1 is 0.286 bits per heavy atom. The fourth-order valence-corrected chi connectivity index (χ4v) is 6.51. The maximum Gasteiger partial charge on any atom is 0.167 e. The number of para-hydroxylation sites is 2. The largest absolute Gasteiger partial charge is 0.455 e. The first kappa shape index (κ1) is 28.6. The lowest BCUT2D eigenvalue weighted by molar-refractivity contribution is 0.670. The summed E-state index contributed by atoms with van der Waals surface area (Å²) in [6.07, 6.45) is 0. The van der Waals surface area contributed by atoms with Gasteiger partial charge in [-0.05, 0) is 39.9 Å². The highest BCUT2D eigenvalue weighted by Crippen LogP contribution is 2.40. The van der Waals surface area contributed by atoms with Crippen LogP contribution in [0.25, 0.3) is 89.5 Å². The fraction of sp³-hybridized carbons (Fsp3) is 0. The van der Waals surface area contributed by atoms with E-state index in [9.17, 15) is 0 Å². The number of aromatic nitrogens is 3. The maximum atomic E-state index is 6.76. The minimum atomic E-state index is 0.558. The zero-order valence-electron chi connectivity index (χ0n) is 26.5. The second-order valence-electron chi connectivity index (χ2n) is 12.0. The maximum absolute atomic E-state index is 6.76. The van der Waals surface area contributed by atoms with Crippen LogP contribution in [0, 0.1) is 0 Å². The molecule has 0 amide bonds. The monoisotopic (exact) mass is 627 g/mol. The van der Waals surface area contributed by atoms with E-state index in [1.165, 1.54) is 0 Å². The second kappa shape index (κ2) is 12.2. The van der Waals surface area contributed by atoms with Crippen LogP contribution < -0.4 is 0 Å². The summed E-state index contributed by atoms with van der Waals surface area (Å²) in [6.45, 7) is 0. The quantitative estimate of drug-likeness (QED) is 0.184. The summed E-state index contributed by atoms with van der Waals surface area (Å²) in [5.74, 6) is 1.76. The number of benzene rings is 7. The molecule has 0 aliphatic heterocycles. The van der Waals surface area contributed by atoms with Crippen molar-refractivity contribution in [1.82, 2.24) is 15.0 Å². The average Bonchev–Trinajstić information content (AvgIpc) is 3.58. The van der Waals surface area contributed by atoms with Crippen molar-refractivity contribution >= 4 is 21.9 Å². The van der Waals surface area contributed by atoms with Crippen LogP contribution in [0.3, 0.4) is 0 Å². The van der Waals surface area contributed by atoms with E-state index in [1.54, 1.807) is 0 Å². The predicted molar refractivity (Wildman–Crippen MR) is 200 cm³/mol. The normalized spacial score (nSPS) is 11.3. The highest BCUT2D eigenvalue weighted by Gasteiger charge is 2.19. The van der Waals surface area contributed by atoms with Crippen LogP contribution in [-0.2, 0) is 0 Å². The number of furan rings is 1. The van der Waals surface area contributed by atoms with Gasteiger partial charge in [0.25, 0.3) is 0 Å². The highest BCUT2D eigenvalue weighted by atomic mass is 16.3. The number of hydrogen-bond acceptors (Lipinski definition) is 4. The van der Waals surface area contributed by atoms with Crippen molar-refractivity contribution in [3.8, 4) is 67.5 Å². The molecule has 49 heavy (non-hydrogen) atoms. The molecule has 2 heterocycles. The van der Waals surface area contributed by atoms with Gasteiger partial charge in [0.1, 0.15) is 11.2 Å². The van der Waals surface area contributed by atoms with Gasteiger partial charge in [-0.3, -0.25) is 0 Å². The van der Waals surface area contributed by atoms with Crippen LogP contribution in [-0.4, -0.2) is 15.0 Å². The molecule has 0 fully saturated rings. The molecule has 0 bridgehead atoms. The van der Waals surface area contributed by atoms with Crippen molar-refractivity contribution in [2.45, 2.75) is 0 Å². The minimum absolute atomic E-state index is 0.558. The fourth-order valence-electron chi connectivity index (χ4n) is 6.51. The molecule has 230 valence electrons. The molecule has 0 aliphatic carbocycles. The molecule has 0 spiro atoms. The number of nitrogens with zero attached hydrogens (tertiary/aromatic N) is 3. The van der Waals surface area contributed by atoms with E-state index >= 15 is 0 Å². The molecule has 4 nitrogen and oxygen atoms in total. The summed E-state index contributed by atoms with van der Waals surface area (Å²) in [5.41, 5.74) is 10.9. The zero-order chi connectivity index (χ0) is 32.6. The molecule has 0 radical (unpaired) electrons. The first-order valence-electron chi connectivity index (χ1n) is 16.4. The topological polar surface area (TPSA) is 51.8 Å². The van der Waals surface area contributed by atoms with E-state index in [1.807, 2.05) is 24.3 Å². The first-order valence-corrected chi connectivity index (χ1v) is 16.4. The van der Waals surface area contributed by atoms with Gasteiger partial charge < -0.3 is 4.42 Å². The molecule has 0 aliphatic rings. The van der Waals surface area contributed by atoms with E-state index in [0.717, 1.165) is 72.0 Å². The first-order chi connectivity index (χ1) is 24.3. The second-order valence-corrected chi connectivity index (χ2v) is 12.0. The molecule has 0 saturated heterocycles. The summed E-state index contributed by atoms with van der Waals surface area (Å²) < 4.78 is 6.76. The third-order valence-electron chi connectivity index (χ3n) is 8.96. The Hall–Kier alpha value is -6.65. The van der Waals surface area contributed by atoms with Gasteiger partial charge in [0.05, 0.1) is 5.56 Å². The van der Waals surface area contributed by atoms with E-state index in [0.29, 0.717) is 17.5 Å². The van der Waals surface area contributed by atoms with Crippen molar-refractivity contribution < 1.29 is 4.42 Å². The molecule has 4 heteroatoms. The third kappa shape index (κ3) is 5.35. The Balaban J connectivity index is 1.23. The van der Waals surface area contributed by atoms with Crippen molar-refractivity contribution in [3.05, 3.63) is 176 Å². The lowest BCUT2D eigenvalue weighted by Crippen LogP contribution is -2.00. The molecular weight excluding hydrogens is 599 g/mol. The number of rotatable bonds is 6. The van der Waals surface area contributed by atoms with Crippen molar-refractivity contribution in [1.29, 1.82) is 0 Å². The number of hydrogen-bond donors (Lipinski definition) is 0. The lowest BCUT2D eigenvalue weighted by atomic mass is 10.0. The standard InChI is InChI=1S/C45H29N3O/c1-4-13-30(14-5-1)32-25-27-34(28-26-32)43-46-44(36-20-10-19-35(29-36)31-15-6-2-7-16-31)48-45(47-43)40-24-12-23-39-38-22-11-21-37(41(38)49-42(39)40)33-17-8-3-9-18-33/h1-29H. The van der Waals surface area contributed by atoms with Gasteiger partial charge in [-0.1, -0.05) is 164 Å². The Morgan fingerprint density at radius 2 is 0.714 bits per heavy atom. The molecule has 0 atom stereocenters. The van der Waals surface area contributed by atoms with Crippen LogP contribution >= 0.6 is 0 Å². The van der Waals surface area contributed by atoms with Crippen LogP contribution in [0.2, 0.25) is 0 Å². The summed E-state index contributed by atoms with van der Waals surface area (Å²) in [4.78, 5) is 15.3. The van der Waals surface area contributed by atoms with Crippen molar-refractivity contribution in [3.63, 3.8) is 0 Å². The SMILES string of the molecule is c1ccc(-c2ccc(-c3nc(-c4cccc(-c5ccccc5)c4)nc(-c4cccc5c4oc4c(-c6ccccc6)cccc45)n3)cc2)cc1. The van der Waals surface area contributed by atoms with E-state index in [2.05, 4.69) is 152 Å². The van der Waals surface area contributed by atoms with Gasteiger partial charge in [-0.25, -0.2) is 15.0 Å². The molecule has 9 rings (SSSR count). The van der Waals surface area contributed by atoms with E-state index < -0.39 is 0 Å². The Morgan fingerprint density at radius 3 is 1.37 bits per heavy atom. The van der Waals surface area contributed by atoms with E-state index in [4.69, 9.17) is 19.4 Å². The lowest BCUT2D eigenvalue weighted by Gasteiger charge is -2.10. The van der Waals surface area contributed by atoms with Gasteiger partial charge >= 0.3 is 0 Å². The molecule has 0 N–H and O–H groups in total. The van der Waals surface area contributed by atoms with Crippen molar-refractivity contribution in [2.24, 2.45) is 0 Å². The van der Waals surface area contributed by atoms with Gasteiger partial charge in [0.15, 0.2) is 17.5 Å². The highest BCUT2D eigenvalue weighted by molar-refractivity contribution is 6.12. The zero-order valence-corrected chi connectivity index (χ0v) is 26.5. The Bertz CT molecular complexity index is 2580. The summed E-state index contributed by atoms with van der Waals surface area (Å²) in [7, 11) is 0. The Kier molecular flexibility index (Phi) is 7.10. The molecule has 0 saturated carbocycles. The predicted octanol–water partition coefficient (Wildman–Crippen LogP) is 11.8. The molecule has 7 aromatic carbocycles. The van der Waals surface area contributed by atoms with Crippen LogP contribution in [0.1, 0.15) is 0 Å². The summed E-state index contributed by atoms with van der Waals surface area (Å²) in [5, 5.41) is 2.08. The average molecular weight is 628 g/mol. The third-order valence-corrected chi connectivity index (χ3v) is 8.96. The molecule has 0 unspecified atom stereocenters. The van der Waals surface area contributed by atoms with Crippen molar-refractivity contribution in [2.75, 3.05) is 0 Å². The molecular formula is C45H29N3O.